The summed E-state index contributed by atoms with van der Waals surface area (Å²) < 4.78 is 14.8. The lowest BCUT2D eigenvalue weighted by molar-refractivity contribution is 0.612. The molecular weight excluding hydrogens is 275 g/mol. The number of aromatic nitrogens is 4. The van der Waals surface area contributed by atoms with E-state index in [0.29, 0.717) is 17.0 Å². The largest absolute Gasteiger partial charge is 0.364 e. The van der Waals surface area contributed by atoms with E-state index in [1.165, 1.54) is 18.2 Å². The van der Waals surface area contributed by atoms with Gasteiger partial charge in [0.05, 0.1) is 11.6 Å². The summed E-state index contributed by atoms with van der Waals surface area (Å²) in [7, 11) is 0. The van der Waals surface area contributed by atoms with Gasteiger partial charge in [-0.2, -0.15) is 14.9 Å². The Bertz CT molecular complexity index is 907. The van der Waals surface area contributed by atoms with Crippen molar-refractivity contribution in [3.8, 4) is 6.07 Å². The second-order valence-corrected chi connectivity index (χ2v) is 4.29. The molecule has 0 saturated carbocycles. The van der Waals surface area contributed by atoms with Crippen LogP contribution >= 0.6 is 0 Å². The maximum atomic E-state index is 13.7. The number of fused-ring (bicyclic) bond motifs is 1. The van der Waals surface area contributed by atoms with E-state index in [1.54, 1.807) is 12.1 Å². The van der Waals surface area contributed by atoms with Crippen molar-refractivity contribution in [3.63, 3.8) is 0 Å². The quantitative estimate of drug-likeness (QED) is 0.748. The minimum atomic E-state index is -0.469. The normalized spacial score (nSPS) is 10.5. The first-order chi connectivity index (χ1) is 10.2. The molecule has 3 aromatic rings. The molecule has 0 unspecified atom stereocenters. The molecule has 2 heterocycles. The number of hydrogen-bond acceptors (Lipinski definition) is 5. The van der Waals surface area contributed by atoms with Gasteiger partial charge >= 0.3 is 5.69 Å². The van der Waals surface area contributed by atoms with Crippen molar-refractivity contribution in [2.75, 3.05) is 5.32 Å². The van der Waals surface area contributed by atoms with Crippen molar-refractivity contribution in [1.29, 1.82) is 5.26 Å². The topological polar surface area (TPSA) is 98.9 Å². The van der Waals surface area contributed by atoms with Crippen LogP contribution in [-0.4, -0.2) is 19.8 Å². The first-order valence-corrected chi connectivity index (χ1v) is 6.04. The second kappa shape index (κ2) is 5.05. The summed E-state index contributed by atoms with van der Waals surface area (Å²) in [5.41, 5.74) is 0.615. The number of nitrogens with zero attached hydrogens (tertiary/aromatic N) is 4. The van der Waals surface area contributed by atoms with Crippen LogP contribution < -0.4 is 11.0 Å². The molecule has 0 aliphatic carbocycles. The molecule has 0 fully saturated rings. The molecule has 1 aromatic carbocycles. The average molecular weight is 284 g/mol. The zero-order valence-electron chi connectivity index (χ0n) is 10.7. The molecule has 0 atom stereocenters. The maximum Gasteiger partial charge on any atom is 0.364 e. The molecule has 0 spiro atoms. The average Bonchev–Trinajstić information content (AvgIpc) is 2.87. The Morgan fingerprint density at radius 1 is 1.38 bits per heavy atom. The Hall–Kier alpha value is -3.21. The van der Waals surface area contributed by atoms with Crippen LogP contribution in [0.25, 0.3) is 5.65 Å². The second-order valence-electron chi connectivity index (χ2n) is 4.29. The van der Waals surface area contributed by atoms with Gasteiger partial charge in [0.2, 0.25) is 0 Å². The number of aromatic amines is 1. The SMILES string of the molecule is N#Cc1ccc(CNc2ccc3n[nH]c(=O)n3n2)c(F)c1. The smallest absolute Gasteiger partial charge is 0.364 e. The molecule has 104 valence electrons. The molecular formula is C13H9FN6O. The summed E-state index contributed by atoms with van der Waals surface area (Å²) in [5, 5.41) is 21.7. The Kier molecular flexibility index (Phi) is 3.08. The number of anilines is 1. The lowest BCUT2D eigenvalue weighted by atomic mass is 10.1. The van der Waals surface area contributed by atoms with Gasteiger partial charge in [-0.25, -0.2) is 14.3 Å². The highest BCUT2D eigenvalue weighted by atomic mass is 19.1. The van der Waals surface area contributed by atoms with Crippen LogP contribution in [0.3, 0.4) is 0 Å². The standard InChI is InChI=1S/C13H9FN6O/c14-10-5-8(6-15)1-2-9(10)7-16-11-3-4-12-17-18-13(21)20(12)19-11/h1-5H,7H2,(H,16,19)(H,18,21). The van der Waals surface area contributed by atoms with Crippen LogP contribution in [0, 0.1) is 17.1 Å². The third kappa shape index (κ3) is 2.44. The van der Waals surface area contributed by atoms with E-state index in [4.69, 9.17) is 5.26 Å². The summed E-state index contributed by atoms with van der Waals surface area (Å²) in [4.78, 5) is 11.4. The van der Waals surface area contributed by atoms with Gasteiger partial charge in [-0.15, -0.1) is 5.10 Å². The summed E-state index contributed by atoms with van der Waals surface area (Å²) in [6.07, 6.45) is 0. The lowest BCUT2D eigenvalue weighted by Crippen LogP contribution is -2.14. The van der Waals surface area contributed by atoms with Crippen molar-refractivity contribution >= 4 is 11.5 Å². The number of nitrogens with one attached hydrogen (secondary N) is 2. The molecule has 2 aromatic heterocycles. The monoisotopic (exact) mass is 284 g/mol. The van der Waals surface area contributed by atoms with E-state index in [2.05, 4.69) is 20.6 Å². The minimum Gasteiger partial charge on any atom is -0.364 e. The molecule has 0 radical (unpaired) electrons. The van der Waals surface area contributed by atoms with E-state index in [0.717, 1.165) is 4.52 Å². The number of halogens is 1. The zero-order chi connectivity index (χ0) is 14.8. The molecule has 3 rings (SSSR count). The Morgan fingerprint density at radius 3 is 3.00 bits per heavy atom. The predicted octanol–water partition coefficient (Wildman–Crippen LogP) is 1.04. The van der Waals surface area contributed by atoms with E-state index in [1.807, 2.05) is 6.07 Å². The van der Waals surface area contributed by atoms with Gasteiger partial charge in [0, 0.05) is 12.1 Å². The highest BCUT2D eigenvalue weighted by Crippen LogP contribution is 2.12. The van der Waals surface area contributed by atoms with E-state index < -0.39 is 11.5 Å². The summed E-state index contributed by atoms with van der Waals surface area (Å²) >= 11 is 0. The maximum absolute atomic E-state index is 13.7. The third-order valence-electron chi connectivity index (χ3n) is 2.92. The number of hydrogen-bond donors (Lipinski definition) is 2. The summed E-state index contributed by atoms with van der Waals surface area (Å²) in [6.45, 7) is 0.183. The number of H-pyrrole nitrogens is 1. The number of rotatable bonds is 3. The van der Waals surface area contributed by atoms with Gasteiger partial charge in [-0.3, -0.25) is 0 Å². The first-order valence-electron chi connectivity index (χ1n) is 6.04. The molecule has 7 nitrogen and oxygen atoms in total. The van der Waals surface area contributed by atoms with Crippen LogP contribution in [0.5, 0.6) is 0 Å². The molecule has 0 amide bonds. The molecule has 0 saturated heterocycles. The van der Waals surface area contributed by atoms with Gasteiger partial charge in [0.25, 0.3) is 0 Å². The lowest BCUT2D eigenvalue weighted by Gasteiger charge is -2.06. The molecule has 8 heteroatoms. The predicted molar refractivity (Wildman–Crippen MR) is 72.0 cm³/mol. The fourth-order valence-electron chi connectivity index (χ4n) is 1.84. The molecule has 0 aliphatic heterocycles. The van der Waals surface area contributed by atoms with Crippen molar-refractivity contribution in [3.05, 3.63) is 57.8 Å². The van der Waals surface area contributed by atoms with Gasteiger partial charge in [-0.1, -0.05) is 6.07 Å². The van der Waals surface area contributed by atoms with Gasteiger partial charge < -0.3 is 5.32 Å². The highest BCUT2D eigenvalue weighted by molar-refractivity contribution is 5.43. The van der Waals surface area contributed by atoms with Crippen LogP contribution in [0.4, 0.5) is 10.2 Å². The number of benzene rings is 1. The molecule has 0 aliphatic rings. The third-order valence-corrected chi connectivity index (χ3v) is 2.92. The van der Waals surface area contributed by atoms with Crippen molar-refractivity contribution in [2.45, 2.75) is 6.54 Å². The summed E-state index contributed by atoms with van der Waals surface area (Å²) in [6, 6.07) is 9.37. The highest BCUT2D eigenvalue weighted by Gasteiger charge is 2.06. The van der Waals surface area contributed by atoms with Crippen molar-refractivity contribution < 1.29 is 4.39 Å². The fraction of sp³-hybridized carbons (Fsp3) is 0.0769. The molecule has 0 bridgehead atoms. The van der Waals surface area contributed by atoms with Gasteiger partial charge in [-0.05, 0) is 24.3 Å². The zero-order valence-corrected chi connectivity index (χ0v) is 10.7. The fourth-order valence-corrected chi connectivity index (χ4v) is 1.84. The Balaban J connectivity index is 1.81. The Labute approximate surface area is 117 Å². The van der Waals surface area contributed by atoms with Crippen LogP contribution in [0.1, 0.15) is 11.1 Å². The molecule has 21 heavy (non-hydrogen) atoms. The van der Waals surface area contributed by atoms with E-state index in [-0.39, 0.29) is 12.1 Å². The number of nitriles is 1. The first kappa shape index (κ1) is 12.8. The summed E-state index contributed by atoms with van der Waals surface area (Å²) in [5.74, 6) is -0.0575. The minimum absolute atomic E-state index is 0.183. The van der Waals surface area contributed by atoms with Crippen LogP contribution in [0.2, 0.25) is 0 Å². The van der Waals surface area contributed by atoms with Crippen LogP contribution in [0.15, 0.2) is 35.1 Å². The van der Waals surface area contributed by atoms with Crippen molar-refractivity contribution in [2.24, 2.45) is 0 Å². The molecule has 2 N–H and O–H groups in total. The van der Waals surface area contributed by atoms with Crippen LogP contribution in [-0.2, 0) is 6.54 Å². The van der Waals surface area contributed by atoms with E-state index in [9.17, 15) is 9.18 Å². The van der Waals surface area contributed by atoms with Gasteiger partial charge in [0.15, 0.2) is 5.65 Å². The van der Waals surface area contributed by atoms with Gasteiger partial charge in [0.1, 0.15) is 11.6 Å². The van der Waals surface area contributed by atoms with Crippen molar-refractivity contribution in [1.82, 2.24) is 19.8 Å². The van der Waals surface area contributed by atoms with E-state index >= 15 is 0 Å². The Morgan fingerprint density at radius 2 is 2.24 bits per heavy atom.